The highest BCUT2D eigenvalue weighted by Crippen LogP contribution is 2.19. The van der Waals surface area contributed by atoms with Gasteiger partial charge in [-0.05, 0) is 49.7 Å². The number of carbonyl (C=O) groups excluding carboxylic acids is 1. The molecule has 1 N–H and O–H groups in total. The molecule has 5 nitrogen and oxygen atoms in total. The minimum absolute atomic E-state index is 0.261. The largest absolute Gasteiger partial charge is 0.357 e. The number of benzene rings is 1. The number of piperidine rings is 1. The van der Waals surface area contributed by atoms with Crippen LogP contribution in [0.2, 0.25) is 0 Å². The molecule has 2 aliphatic heterocycles. The second-order valence-corrected chi connectivity index (χ2v) is 7.84. The van der Waals surface area contributed by atoms with Crippen molar-refractivity contribution >= 4 is 11.9 Å². The van der Waals surface area contributed by atoms with Crippen molar-refractivity contribution in [2.45, 2.75) is 52.5 Å². The van der Waals surface area contributed by atoms with Crippen molar-refractivity contribution in [1.29, 1.82) is 0 Å². The van der Waals surface area contributed by atoms with Gasteiger partial charge in [0.25, 0.3) is 0 Å². The molecule has 0 bridgehead atoms. The Labute approximate surface area is 163 Å². The zero-order valence-electron chi connectivity index (χ0n) is 16.9. The second kappa shape index (κ2) is 9.77. The zero-order valence-corrected chi connectivity index (χ0v) is 16.9. The molecular weight excluding hydrogens is 336 g/mol. The lowest BCUT2D eigenvalue weighted by Gasteiger charge is -2.33. The van der Waals surface area contributed by atoms with Crippen LogP contribution in [0.15, 0.2) is 29.3 Å². The Morgan fingerprint density at radius 2 is 1.89 bits per heavy atom. The zero-order chi connectivity index (χ0) is 19.1. The van der Waals surface area contributed by atoms with Gasteiger partial charge in [0.05, 0.1) is 0 Å². The Kier molecular flexibility index (Phi) is 7.13. The average molecular weight is 371 g/mol. The Morgan fingerprint density at radius 1 is 1.15 bits per heavy atom. The monoisotopic (exact) mass is 370 g/mol. The summed E-state index contributed by atoms with van der Waals surface area (Å²) in [6.07, 6.45) is 4.84. The van der Waals surface area contributed by atoms with E-state index in [0.29, 0.717) is 13.0 Å². The molecule has 2 heterocycles. The third-order valence-electron chi connectivity index (χ3n) is 5.71. The van der Waals surface area contributed by atoms with E-state index in [9.17, 15) is 4.79 Å². The van der Waals surface area contributed by atoms with Crippen molar-refractivity contribution in [2.75, 3.05) is 32.7 Å². The fourth-order valence-corrected chi connectivity index (χ4v) is 3.93. The molecule has 0 saturated carbocycles. The van der Waals surface area contributed by atoms with Crippen molar-refractivity contribution in [3.05, 3.63) is 35.4 Å². The maximum atomic E-state index is 12.6. The lowest BCUT2D eigenvalue weighted by Crippen LogP contribution is -2.45. The highest BCUT2D eigenvalue weighted by atomic mass is 16.2. The fraction of sp³-hybridized carbons (Fsp3) is 0.636. The predicted octanol–water partition coefficient (Wildman–Crippen LogP) is 3.05. The molecule has 27 heavy (non-hydrogen) atoms. The van der Waals surface area contributed by atoms with Gasteiger partial charge in [-0.3, -0.25) is 9.79 Å². The first-order valence-electron chi connectivity index (χ1n) is 10.5. The highest BCUT2D eigenvalue weighted by molar-refractivity contribution is 5.80. The molecule has 1 aromatic carbocycles. The Balaban J connectivity index is 1.45. The maximum absolute atomic E-state index is 12.6. The first-order chi connectivity index (χ1) is 13.2. The van der Waals surface area contributed by atoms with E-state index in [4.69, 9.17) is 4.99 Å². The molecule has 0 radical (unpaired) electrons. The molecule has 0 aromatic heterocycles. The van der Waals surface area contributed by atoms with Crippen molar-refractivity contribution in [1.82, 2.24) is 15.1 Å². The number of hydrogen-bond donors (Lipinski definition) is 1. The van der Waals surface area contributed by atoms with Crippen LogP contribution in [0.25, 0.3) is 0 Å². The molecule has 5 heteroatoms. The van der Waals surface area contributed by atoms with E-state index in [0.717, 1.165) is 57.4 Å². The third kappa shape index (κ3) is 5.47. The molecule has 148 valence electrons. The van der Waals surface area contributed by atoms with Crippen LogP contribution < -0.4 is 5.32 Å². The van der Waals surface area contributed by atoms with Crippen LogP contribution in [0, 0.1) is 5.92 Å². The normalized spacial score (nSPS) is 18.4. The topological polar surface area (TPSA) is 47.9 Å². The molecule has 0 atom stereocenters. The summed E-state index contributed by atoms with van der Waals surface area (Å²) >= 11 is 0. The van der Waals surface area contributed by atoms with Gasteiger partial charge in [-0.1, -0.05) is 31.2 Å². The van der Waals surface area contributed by atoms with E-state index < -0.39 is 0 Å². The number of guanidine groups is 1. The SMILES string of the molecule is CCNC(=NCCCC(=O)N1CCc2ccccc2C1)N1CCC(C)CC1. The first-order valence-corrected chi connectivity index (χ1v) is 10.5. The van der Waals surface area contributed by atoms with Crippen LogP contribution in [0.5, 0.6) is 0 Å². The maximum Gasteiger partial charge on any atom is 0.222 e. The van der Waals surface area contributed by atoms with Crippen LogP contribution in [0.1, 0.15) is 50.7 Å². The molecule has 1 aromatic rings. The molecule has 0 unspecified atom stereocenters. The Morgan fingerprint density at radius 3 is 2.63 bits per heavy atom. The van der Waals surface area contributed by atoms with E-state index in [2.05, 4.69) is 48.3 Å². The van der Waals surface area contributed by atoms with Crippen LogP contribution in [-0.4, -0.2) is 54.4 Å². The van der Waals surface area contributed by atoms with Gasteiger partial charge in [-0.15, -0.1) is 0 Å². The summed E-state index contributed by atoms with van der Waals surface area (Å²) in [5.74, 6) is 2.09. The summed E-state index contributed by atoms with van der Waals surface area (Å²) in [4.78, 5) is 21.7. The summed E-state index contributed by atoms with van der Waals surface area (Å²) in [7, 11) is 0. The van der Waals surface area contributed by atoms with Gasteiger partial charge in [-0.25, -0.2) is 0 Å². The van der Waals surface area contributed by atoms with E-state index in [1.165, 1.54) is 24.0 Å². The lowest BCUT2D eigenvalue weighted by atomic mass is 9.99. The molecule has 0 spiro atoms. The van der Waals surface area contributed by atoms with Crippen molar-refractivity contribution in [2.24, 2.45) is 10.9 Å². The summed E-state index contributed by atoms with van der Waals surface area (Å²) in [5, 5.41) is 3.41. The number of fused-ring (bicyclic) bond motifs is 1. The first kappa shape index (κ1) is 19.7. The van der Waals surface area contributed by atoms with Gasteiger partial charge >= 0.3 is 0 Å². The summed E-state index contributed by atoms with van der Waals surface area (Å²) < 4.78 is 0. The van der Waals surface area contributed by atoms with Crippen LogP contribution in [0.4, 0.5) is 0 Å². The van der Waals surface area contributed by atoms with Crippen LogP contribution >= 0.6 is 0 Å². The van der Waals surface area contributed by atoms with Gasteiger partial charge in [-0.2, -0.15) is 0 Å². The quantitative estimate of drug-likeness (QED) is 0.492. The van der Waals surface area contributed by atoms with Crippen LogP contribution in [0.3, 0.4) is 0 Å². The average Bonchev–Trinajstić information content (AvgIpc) is 2.70. The van der Waals surface area contributed by atoms with Gasteiger partial charge in [0, 0.05) is 45.7 Å². The molecule has 2 aliphatic rings. The van der Waals surface area contributed by atoms with E-state index in [1.807, 2.05) is 4.90 Å². The minimum atomic E-state index is 0.261. The number of aliphatic imine (C=N–C) groups is 1. The predicted molar refractivity (Wildman–Crippen MR) is 111 cm³/mol. The summed E-state index contributed by atoms with van der Waals surface area (Å²) in [5.41, 5.74) is 2.68. The van der Waals surface area contributed by atoms with E-state index in [-0.39, 0.29) is 5.91 Å². The molecule has 1 fully saturated rings. The standard InChI is InChI=1S/C22H34N4O/c1-3-23-22(25-14-10-18(2)11-15-25)24-13-6-9-21(27)26-16-12-19-7-4-5-8-20(19)17-26/h4-5,7-8,18H,3,6,9-17H2,1-2H3,(H,23,24). The number of nitrogens with one attached hydrogen (secondary N) is 1. The molecule has 1 amide bonds. The number of nitrogens with zero attached hydrogens (tertiary/aromatic N) is 3. The summed E-state index contributed by atoms with van der Waals surface area (Å²) in [6.45, 7) is 9.80. The van der Waals surface area contributed by atoms with Crippen molar-refractivity contribution in [3.8, 4) is 0 Å². The molecule has 3 rings (SSSR count). The minimum Gasteiger partial charge on any atom is -0.357 e. The number of carbonyl (C=O) groups is 1. The number of rotatable bonds is 5. The van der Waals surface area contributed by atoms with Gasteiger partial charge < -0.3 is 15.1 Å². The molecular formula is C22H34N4O. The van der Waals surface area contributed by atoms with Gasteiger partial charge in [0.1, 0.15) is 0 Å². The van der Waals surface area contributed by atoms with Gasteiger partial charge in [0.15, 0.2) is 5.96 Å². The van der Waals surface area contributed by atoms with Crippen molar-refractivity contribution in [3.63, 3.8) is 0 Å². The number of hydrogen-bond acceptors (Lipinski definition) is 2. The number of likely N-dealkylation sites (tertiary alicyclic amines) is 1. The second-order valence-electron chi connectivity index (χ2n) is 7.84. The van der Waals surface area contributed by atoms with E-state index >= 15 is 0 Å². The fourth-order valence-electron chi connectivity index (χ4n) is 3.93. The molecule has 0 aliphatic carbocycles. The smallest absolute Gasteiger partial charge is 0.222 e. The highest BCUT2D eigenvalue weighted by Gasteiger charge is 2.20. The Bertz CT molecular complexity index is 649. The Hall–Kier alpha value is -2.04. The lowest BCUT2D eigenvalue weighted by molar-refractivity contribution is -0.132. The summed E-state index contributed by atoms with van der Waals surface area (Å²) in [6, 6.07) is 8.46. The molecule has 1 saturated heterocycles. The van der Waals surface area contributed by atoms with E-state index in [1.54, 1.807) is 0 Å². The van der Waals surface area contributed by atoms with Gasteiger partial charge in [0.2, 0.25) is 5.91 Å². The van der Waals surface area contributed by atoms with Crippen LogP contribution in [-0.2, 0) is 17.8 Å². The number of amides is 1. The third-order valence-corrected chi connectivity index (χ3v) is 5.71. The van der Waals surface area contributed by atoms with Crippen molar-refractivity contribution < 1.29 is 4.79 Å².